The summed E-state index contributed by atoms with van der Waals surface area (Å²) in [6, 6.07) is 18.8. The number of carbonyl (C=O) groups is 2. The quantitative estimate of drug-likeness (QED) is 0.459. The van der Waals surface area contributed by atoms with Crippen molar-refractivity contribution in [2.75, 3.05) is 13.6 Å². The Morgan fingerprint density at radius 3 is 2.00 bits per heavy atom. The van der Waals surface area contributed by atoms with Crippen molar-refractivity contribution in [1.82, 2.24) is 10.6 Å². The van der Waals surface area contributed by atoms with E-state index in [0.717, 1.165) is 24.0 Å². The third-order valence-corrected chi connectivity index (χ3v) is 4.26. The highest BCUT2D eigenvalue weighted by Crippen LogP contribution is 2.06. The number of benzene rings is 2. The molecule has 0 fully saturated rings. The summed E-state index contributed by atoms with van der Waals surface area (Å²) >= 11 is 0. The third-order valence-electron chi connectivity index (χ3n) is 4.26. The van der Waals surface area contributed by atoms with Gasteiger partial charge in [-0.3, -0.25) is 4.79 Å². The van der Waals surface area contributed by atoms with Crippen LogP contribution in [0.2, 0.25) is 0 Å². The van der Waals surface area contributed by atoms with Crippen LogP contribution in [0.15, 0.2) is 60.7 Å². The van der Waals surface area contributed by atoms with Crippen molar-refractivity contribution in [1.29, 1.82) is 0 Å². The van der Waals surface area contributed by atoms with E-state index in [2.05, 4.69) is 10.6 Å². The molecule has 2 aromatic carbocycles. The first-order chi connectivity index (χ1) is 13.7. The second-order valence-electron chi connectivity index (χ2n) is 6.42. The molecule has 1 amide bonds. The molecule has 0 saturated heterocycles. The Bertz CT molecular complexity index is 707. The van der Waals surface area contributed by atoms with Crippen LogP contribution in [0.25, 0.3) is 0 Å². The summed E-state index contributed by atoms with van der Waals surface area (Å²) < 4.78 is 10.5. The maximum atomic E-state index is 12.2. The summed E-state index contributed by atoms with van der Waals surface area (Å²) in [5.41, 5.74) is 1.91. The van der Waals surface area contributed by atoms with Crippen LogP contribution in [0.3, 0.4) is 0 Å². The van der Waals surface area contributed by atoms with Gasteiger partial charge in [-0.25, -0.2) is 4.79 Å². The molecule has 2 aromatic rings. The normalized spacial score (nSPS) is 11.5. The molecule has 0 aliphatic rings. The Morgan fingerprint density at radius 1 is 0.857 bits per heavy atom. The molecule has 1 unspecified atom stereocenters. The van der Waals surface area contributed by atoms with E-state index in [1.54, 1.807) is 7.05 Å². The lowest BCUT2D eigenvalue weighted by Gasteiger charge is -2.15. The van der Waals surface area contributed by atoms with E-state index in [1.165, 1.54) is 0 Å². The summed E-state index contributed by atoms with van der Waals surface area (Å²) in [6.45, 7) is 1.03. The zero-order valence-corrected chi connectivity index (χ0v) is 16.2. The highest BCUT2D eigenvalue weighted by Gasteiger charge is 2.17. The van der Waals surface area contributed by atoms with Crippen molar-refractivity contribution >= 4 is 12.1 Å². The first-order valence-electron chi connectivity index (χ1n) is 9.51. The number of carbonyl (C=O) groups excluding carboxylic acids is 2. The predicted molar refractivity (Wildman–Crippen MR) is 108 cm³/mol. The van der Waals surface area contributed by atoms with Crippen LogP contribution < -0.4 is 10.6 Å². The van der Waals surface area contributed by atoms with Crippen molar-refractivity contribution in [3.63, 3.8) is 0 Å². The molecule has 0 aliphatic heterocycles. The average molecular weight is 384 g/mol. The molecule has 150 valence electrons. The monoisotopic (exact) mass is 384 g/mol. The molecule has 0 bridgehead atoms. The van der Waals surface area contributed by atoms with E-state index in [1.807, 2.05) is 60.7 Å². The van der Waals surface area contributed by atoms with Crippen LogP contribution in [0, 0.1) is 0 Å². The van der Waals surface area contributed by atoms with Crippen LogP contribution in [-0.2, 0) is 27.5 Å². The van der Waals surface area contributed by atoms with Crippen molar-refractivity contribution in [2.24, 2.45) is 0 Å². The predicted octanol–water partition coefficient (Wildman–Crippen LogP) is 3.41. The molecule has 2 N–H and O–H groups in total. The van der Waals surface area contributed by atoms with Crippen molar-refractivity contribution < 1.29 is 19.1 Å². The minimum Gasteiger partial charge on any atom is -0.460 e. The van der Waals surface area contributed by atoms with Gasteiger partial charge in [0.15, 0.2) is 0 Å². The summed E-state index contributed by atoms with van der Waals surface area (Å²) in [5, 5.41) is 5.71. The largest absolute Gasteiger partial charge is 0.460 e. The van der Waals surface area contributed by atoms with E-state index < -0.39 is 6.09 Å². The van der Waals surface area contributed by atoms with Crippen LogP contribution in [0.4, 0.5) is 4.79 Å². The highest BCUT2D eigenvalue weighted by atomic mass is 16.5. The number of ether oxygens (including phenoxy) is 2. The summed E-state index contributed by atoms with van der Waals surface area (Å²) in [4.78, 5) is 23.8. The van der Waals surface area contributed by atoms with Gasteiger partial charge >= 0.3 is 12.1 Å². The van der Waals surface area contributed by atoms with Gasteiger partial charge in [-0.15, -0.1) is 0 Å². The minimum absolute atomic E-state index is 0.252. The number of hydrogen-bond donors (Lipinski definition) is 2. The number of likely N-dealkylation sites (N-methyl/N-ethyl adjacent to an activating group) is 1. The average Bonchev–Trinajstić information content (AvgIpc) is 2.74. The Hall–Kier alpha value is -2.86. The summed E-state index contributed by atoms with van der Waals surface area (Å²) in [6.07, 6.45) is 1.75. The molecule has 0 heterocycles. The Morgan fingerprint density at radius 2 is 1.43 bits per heavy atom. The SMILES string of the molecule is CNC(CCCCNC(=O)OCc1ccccc1)C(=O)OCc1ccccc1. The lowest BCUT2D eigenvalue weighted by atomic mass is 10.1. The first kappa shape index (κ1) is 21.4. The molecule has 6 heteroatoms. The molecule has 28 heavy (non-hydrogen) atoms. The van der Waals surface area contributed by atoms with Gasteiger partial charge in [-0.2, -0.15) is 0 Å². The molecule has 0 aliphatic carbocycles. The number of hydrogen-bond acceptors (Lipinski definition) is 5. The Kier molecular flexibility index (Phi) is 9.58. The van der Waals surface area contributed by atoms with E-state index in [9.17, 15) is 9.59 Å². The van der Waals surface area contributed by atoms with Crippen molar-refractivity contribution in [2.45, 2.75) is 38.5 Å². The molecule has 2 rings (SSSR count). The van der Waals surface area contributed by atoms with Gasteiger partial charge in [-0.05, 0) is 37.4 Å². The molecular formula is C22H28N2O4. The number of esters is 1. The van der Waals surface area contributed by atoms with Crippen LogP contribution >= 0.6 is 0 Å². The zero-order valence-electron chi connectivity index (χ0n) is 16.2. The second kappa shape index (κ2) is 12.5. The molecule has 0 radical (unpaired) electrons. The van der Waals surface area contributed by atoms with Crippen molar-refractivity contribution in [3.8, 4) is 0 Å². The Labute approximate surface area is 166 Å². The van der Waals surface area contributed by atoms with Gasteiger partial charge in [0, 0.05) is 6.54 Å². The molecule has 0 saturated carbocycles. The van der Waals surface area contributed by atoms with Gasteiger partial charge in [0.2, 0.25) is 0 Å². The highest BCUT2D eigenvalue weighted by molar-refractivity contribution is 5.75. The molecule has 1 atom stereocenters. The van der Waals surface area contributed by atoms with Crippen LogP contribution in [0.1, 0.15) is 30.4 Å². The number of amides is 1. The topological polar surface area (TPSA) is 76.7 Å². The lowest BCUT2D eigenvalue weighted by molar-refractivity contribution is -0.147. The van der Waals surface area contributed by atoms with E-state index in [-0.39, 0.29) is 25.2 Å². The first-order valence-corrected chi connectivity index (χ1v) is 9.51. The fourth-order valence-electron chi connectivity index (χ4n) is 2.65. The van der Waals surface area contributed by atoms with Gasteiger partial charge in [0.1, 0.15) is 19.3 Å². The van der Waals surface area contributed by atoms with Gasteiger partial charge in [0.05, 0.1) is 0 Å². The van der Waals surface area contributed by atoms with Crippen molar-refractivity contribution in [3.05, 3.63) is 71.8 Å². The fraction of sp³-hybridized carbons (Fsp3) is 0.364. The van der Waals surface area contributed by atoms with E-state index in [0.29, 0.717) is 13.0 Å². The fourth-order valence-corrected chi connectivity index (χ4v) is 2.65. The number of nitrogens with one attached hydrogen (secondary N) is 2. The third kappa shape index (κ3) is 8.22. The Balaban J connectivity index is 1.56. The maximum absolute atomic E-state index is 12.2. The number of unbranched alkanes of at least 4 members (excludes halogenated alkanes) is 1. The summed E-state index contributed by atoms with van der Waals surface area (Å²) in [5.74, 6) is -0.262. The lowest BCUT2D eigenvalue weighted by Crippen LogP contribution is -2.35. The molecule has 0 aromatic heterocycles. The van der Waals surface area contributed by atoms with Crippen LogP contribution in [0.5, 0.6) is 0 Å². The van der Waals surface area contributed by atoms with Gasteiger partial charge < -0.3 is 20.1 Å². The minimum atomic E-state index is -0.434. The maximum Gasteiger partial charge on any atom is 0.407 e. The van der Waals surface area contributed by atoms with Crippen LogP contribution in [-0.4, -0.2) is 31.7 Å². The second-order valence-corrected chi connectivity index (χ2v) is 6.42. The van der Waals surface area contributed by atoms with Gasteiger partial charge in [0.25, 0.3) is 0 Å². The summed E-state index contributed by atoms with van der Waals surface area (Å²) in [7, 11) is 1.74. The molecular weight excluding hydrogens is 356 g/mol. The smallest absolute Gasteiger partial charge is 0.407 e. The number of rotatable bonds is 11. The molecule has 6 nitrogen and oxygen atoms in total. The number of alkyl carbamates (subject to hydrolysis) is 1. The zero-order chi connectivity index (χ0) is 20.0. The molecule has 0 spiro atoms. The van der Waals surface area contributed by atoms with Gasteiger partial charge in [-0.1, -0.05) is 60.7 Å². The van der Waals surface area contributed by atoms with E-state index in [4.69, 9.17) is 9.47 Å². The standard InChI is InChI=1S/C22H28N2O4/c1-23-20(21(25)27-16-18-10-4-2-5-11-18)14-8-9-15-24-22(26)28-17-19-12-6-3-7-13-19/h2-7,10-13,20,23H,8-9,14-17H2,1H3,(H,24,26). The van der Waals surface area contributed by atoms with E-state index >= 15 is 0 Å².